The molecule has 9 nitrogen and oxygen atoms in total. The van der Waals surface area contributed by atoms with Gasteiger partial charge in [0.1, 0.15) is 17.6 Å². The summed E-state index contributed by atoms with van der Waals surface area (Å²) in [4.78, 5) is 35.8. The molecule has 9 heteroatoms. The van der Waals surface area contributed by atoms with E-state index in [2.05, 4.69) is 9.97 Å². The Labute approximate surface area is 236 Å². The van der Waals surface area contributed by atoms with Gasteiger partial charge in [-0.2, -0.15) is 0 Å². The number of aromatic nitrogens is 4. The number of rotatable bonds is 8. The van der Waals surface area contributed by atoms with E-state index in [9.17, 15) is 9.59 Å². The Bertz CT molecular complexity index is 1820. The van der Waals surface area contributed by atoms with Gasteiger partial charge in [0.25, 0.3) is 5.56 Å². The summed E-state index contributed by atoms with van der Waals surface area (Å²) in [6.07, 6.45) is 4.21. The number of hydrogen-bond donors (Lipinski definition) is 0. The standard InChI is InChI=1S/C32H30N4O5/c1-20-15-21(12-13-27(20)41-31-23-17-28(39-2)29(40-3)18-24(23)33-19-34-31)16-26(37)30-25-11-7-8-14-35(25)36(32(30)38)22-9-5-4-6-10-22/h4-6,9-10,12-13,15,17-19H,7-8,11,14,16H2,1-3H3. The van der Waals surface area contributed by atoms with Crippen molar-refractivity contribution in [3.63, 3.8) is 0 Å². The number of benzene rings is 3. The summed E-state index contributed by atoms with van der Waals surface area (Å²) in [6.45, 7) is 2.63. The minimum absolute atomic E-state index is 0.121. The second kappa shape index (κ2) is 10.9. The normalized spacial score (nSPS) is 12.7. The number of carbonyl (C=O) groups excluding carboxylic acids is 1. The summed E-state index contributed by atoms with van der Waals surface area (Å²) in [7, 11) is 3.14. The Hall–Kier alpha value is -4.92. The summed E-state index contributed by atoms with van der Waals surface area (Å²) in [5, 5.41) is 0.678. The van der Waals surface area contributed by atoms with Crippen molar-refractivity contribution in [1.82, 2.24) is 19.3 Å². The largest absolute Gasteiger partial charge is 0.493 e. The maximum atomic E-state index is 13.6. The van der Waals surface area contributed by atoms with Crippen LogP contribution in [-0.4, -0.2) is 39.3 Å². The lowest BCUT2D eigenvalue weighted by molar-refractivity contribution is 0.0990. The third-order valence-electron chi connectivity index (χ3n) is 7.48. The predicted octanol–water partition coefficient (Wildman–Crippen LogP) is 5.46. The molecular formula is C32H30N4O5. The molecule has 41 heavy (non-hydrogen) atoms. The van der Waals surface area contributed by atoms with Crippen LogP contribution in [0.4, 0.5) is 0 Å². The van der Waals surface area contributed by atoms with E-state index in [-0.39, 0.29) is 17.8 Å². The molecule has 3 aromatic carbocycles. The Kier molecular flexibility index (Phi) is 7.01. The Morgan fingerprint density at radius 3 is 2.46 bits per heavy atom. The maximum absolute atomic E-state index is 13.6. The van der Waals surface area contributed by atoms with Crippen LogP contribution >= 0.6 is 0 Å². The van der Waals surface area contributed by atoms with Gasteiger partial charge in [-0.3, -0.25) is 14.3 Å². The van der Waals surface area contributed by atoms with Crippen molar-refractivity contribution in [3.8, 4) is 28.8 Å². The molecule has 0 atom stereocenters. The van der Waals surface area contributed by atoms with Crippen LogP contribution in [0, 0.1) is 6.92 Å². The van der Waals surface area contributed by atoms with Crippen LogP contribution in [0.3, 0.4) is 0 Å². The molecule has 3 heterocycles. The summed E-state index contributed by atoms with van der Waals surface area (Å²) in [6, 6.07) is 18.7. The topological polar surface area (TPSA) is 97.5 Å². The number of ketones is 1. The van der Waals surface area contributed by atoms with E-state index in [1.165, 1.54) is 6.33 Å². The average Bonchev–Trinajstić information content (AvgIpc) is 3.30. The molecule has 5 aromatic rings. The van der Waals surface area contributed by atoms with E-state index in [0.29, 0.717) is 52.6 Å². The molecule has 0 saturated carbocycles. The van der Waals surface area contributed by atoms with Gasteiger partial charge in [0.15, 0.2) is 17.3 Å². The van der Waals surface area contributed by atoms with Crippen molar-refractivity contribution in [3.05, 3.63) is 99.7 Å². The van der Waals surface area contributed by atoms with Gasteiger partial charge in [-0.25, -0.2) is 14.6 Å². The first kappa shape index (κ1) is 26.3. The fourth-order valence-corrected chi connectivity index (χ4v) is 5.49. The molecule has 1 aliphatic rings. The van der Waals surface area contributed by atoms with Crippen LogP contribution in [0.5, 0.6) is 23.1 Å². The molecule has 0 aliphatic carbocycles. The van der Waals surface area contributed by atoms with Gasteiger partial charge in [0.2, 0.25) is 5.88 Å². The van der Waals surface area contributed by atoms with Crippen molar-refractivity contribution >= 4 is 16.7 Å². The number of carbonyl (C=O) groups is 1. The number of nitrogens with zero attached hydrogens (tertiary/aromatic N) is 4. The highest BCUT2D eigenvalue weighted by Gasteiger charge is 2.27. The molecule has 0 amide bonds. The summed E-state index contributed by atoms with van der Waals surface area (Å²) >= 11 is 0. The van der Waals surface area contributed by atoms with Crippen molar-refractivity contribution in [1.29, 1.82) is 0 Å². The molecule has 0 unspecified atom stereocenters. The van der Waals surface area contributed by atoms with Crippen LogP contribution in [0.1, 0.15) is 40.0 Å². The molecule has 0 bridgehead atoms. The third-order valence-corrected chi connectivity index (χ3v) is 7.48. The Morgan fingerprint density at radius 2 is 1.71 bits per heavy atom. The van der Waals surface area contributed by atoms with Crippen LogP contribution < -0.4 is 19.8 Å². The highest BCUT2D eigenvalue weighted by molar-refractivity contribution is 5.98. The molecule has 0 spiro atoms. The van der Waals surface area contributed by atoms with E-state index < -0.39 is 0 Å². The molecule has 6 rings (SSSR count). The zero-order valence-corrected chi connectivity index (χ0v) is 23.2. The summed E-state index contributed by atoms with van der Waals surface area (Å²) < 4.78 is 20.7. The van der Waals surface area contributed by atoms with Gasteiger partial charge < -0.3 is 14.2 Å². The number of ether oxygens (including phenoxy) is 3. The highest BCUT2D eigenvalue weighted by Crippen LogP contribution is 2.36. The average molecular weight is 551 g/mol. The Balaban J connectivity index is 1.28. The smallest absolute Gasteiger partial charge is 0.282 e. The summed E-state index contributed by atoms with van der Waals surface area (Å²) in [5.74, 6) is 1.92. The van der Waals surface area contributed by atoms with Crippen LogP contribution in [0.15, 0.2) is 71.8 Å². The molecule has 0 radical (unpaired) electrons. The molecule has 0 saturated heterocycles. The van der Waals surface area contributed by atoms with Gasteiger partial charge in [-0.1, -0.05) is 30.3 Å². The number of Topliss-reactive ketones (excluding diaryl/α,β-unsaturated/α-hetero) is 1. The molecule has 0 fully saturated rings. The van der Waals surface area contributed by atoms with Crippen LogP contribution in [-0.2, 0) is 19.4 Å². The van der Waals surface area contributed by atoms with Gasteiger partial charge in [-0.05, 0) is 61.6 Å². The van der Waals surface area contributed by atoms with E-state index >= 15 is 0 Å². The van der Waals surface area contributed by atoms with Gasteiger partial charge >= 0.3 is 0 Å². The van der Waals surface area contributed by atoms with Crippen LogP contribution in [0.25, 0.3) is 16.6 Å². The molecule has 208 valence electrons. The SMILES string of the molecule is COc1cc2ncnc(Oc3ccc(CC(=O)c4c5n(n(-c6ccccc6)c4=O)CCCC5)cc3C)c2cc1OC. The van der Waals surface area contributed by atoms with Crippen LogP contribution in [0.2, 0.25) is 0 Å². The first-order chi connectivity index (χ1) is 20.0. The minimum atomic E-state index is -0.252. The van der Waals surface area contributed by atoms with Crippen molar-refractivity contribution in [2.45, 2.75) is 39.2 Å². The second-order valence-electron chi connectivity index (χ2n) is 10.1. The van der Waals surface area contributed by atoms with Gasteiger partial charge in [-0.15, -0.1) is 0 Å². The summed E-state index contributed by atoms with van der Waals surface area (Å²) in [5.41, 5.74) is 3.94. The number of methoxy groups -OCH3 is 2. The fourth-order valence-electron chi connectivity index (χ4n) is 5.49. The molecule has 2 aromatic heterocycles. The van der Waals surface area contributed by atoms with Crippen molar-refractivity contribution in [2.24, 2.45) is 0 Å². The van der Waals surface area contributed by atoms with Gasteiger partial charge in [0.05, 0.1) is 36.5 Å². The monoisotopic (exact) mass is 550 g/mol. The van der Waals surface area contributed by atoms with E-state index in [0.717, 1.165) is 35.3 Å². The number of para-hydroxylation sites is 1. The van der Waals surface area contributed by atoms with Gasteiger partial charge in [0, 0.05) is 19.0 Å². The predicted molar refractivity (Wildman–Crippen MR) is 155 cm³/mol. The molecular weight excluding hydrogens is 520 g/mol. The lowest BCUT2D eigenvalue weighted by Crippen LogP contribution is -2.24. The van der Waals surface area contributed by atoms with E-state index in [4.69, 9.17) is 14.2 Å². The number of hydrogen-bond acceptors (Lipinski definition) is 7. The zero-order valence-electron chi connectivity index (χ0n) is 23.2. The fraction of sp³-hybridized carbons (Fsp3) is 0.250. The van der Waals surface area contributed by atoms with Crippen molar-refractivity contribution < 1.29 is 19.0 Å². The number of fused-ring (bicyclic) bond motifs is 2. The maximum Gasteiger partial charge on any atom is 0.282 e. The lowest BCUT2D eigenvalue weighted by atomic mass is 9.98. The van der Waals surface area contributed by atoms with E-state index in [1.807, 2.05) is 60.1 Å². The quantitative estimate of drug-likeness (QED) is 0.237. The van der Waals surface area contributed by atoms with Crippen molar-refractivity contribution in [2.75, 3.05) is 14.2 Å². The molecule has 0 N–H and O–H groups in total. The highest BCUT2D eigenvalue weighted by atomic mass is 16.5. The number of aryl methyl sites for hydroxylation is 1. The second-order valence-corrected chi connectivity index (χ2v) is 10.1. The lowest BCUT2D eigenvalue weighted by Gasteiger charge is -2.19. The zero-order chi connectivity index (χ0) is 28.5. The first-order valence-electron chi connectivity index (χ1n) is 13.6. The first-order valence-corrected chi connectivity index (χ1v) is 13.6. The Morgan fingerprint density at radius 1 is 0.927 bits per heavy atom. The third kappa shape index (κ3) is 4.84. The van der Waals surface area contributed by atoms with E-state index in [1.54, 1.807) is 31.0 Å². The minimum Gasteiger partial charge on any atom is -0.493 e. The molecule has 1 aliphatic heterocycles.